The van der Waals surface area contributed by atoms with Crippen LogP contribution in [0.3, 0.4) is 0 Å². The van der Waals surface area contributed by atoms with Crippen LogP contribution < -0.4 is 0 Å². The summed E-state index contributed by atoms with van der Waals surface area (Å²) in [4.78, 5) is 2.36. The zero-order valence-corrected chi connectivity index (χ0v) is 17.0. The largest absolute Gasteiger partial charge is 0.373 e. The molecule has 0 aliphatic heterocycles. The summed E-state index contributed by atoms with van der Waals surface area (Å²) in [6.45, 7) is 26.0. The maximum absolute atomic E-state index is 4.23. The molecule has 2 atom stereocenters. The van der Waals surface area contributed by atoms with Gasteiger partial charge in [-0.25, -0.2) is 0 Å². The van der Waals surface area contributed by atoms with Gasteiger partial charge >= 0.3 is 0 Å². The molecule has 1 rings (SSSR count). The quantitative estimate of drug-likeness (QED) is 0.416. The van der Waals surface area contributed by atoms with Crippen molar-refractivity contribution in [1.29, 1.82) is 0 Å². The number of allylic oxidation sites excluding steroid dienone is 5. The first-order valence-electron chi connectivity index (χ1n) is 8.31. The van der Waals surface area contributed by atoms with Crippen molar-refractivity contribution in [3.8, 4) is 0 Å². The predicted molar refractivity (Wildman–Crippen MR) is 108 cm³/mol. The molecular weight excluding hydrogens is 294 g/mol. The first kappa shape index (κ1) is 19.5. The number of hydrogen-bond donors (Lipinski definition) is 0. The van der Waals surface area contributed by atoms with Gasteiger partial charge in [0.2, 0.25) is 0 Å². The van der Waals surface area contributed by atoms with E-state index in [-0.39, 0.29) is 5.92 Å². The standard InChI is InChI=1S/C21H33NSi/c1-11-13-16(4)19-18(6)21(20(19)15(3)12-2)22(7)14-17(5)23(8,9)10/h11-14,20-21H,2-4H2,1,5-10H3/b13-11-,17-14+. The first-order valence-corrected chi connectivity index (χ1v) is 11.8. The topological polar surface area (TPSA) is 3.24 Å². The molecule has 1 nitrogen and oxygen atoms in total. The summed E-state index contributed by atoms with van der Waals surface area (Å²) in [5.74, 6) is 0.284. The fourth-order valence-corrected chi connectivity index (χ4v) is 3.69. The van der Waals surface area contributed by atoms with E-state index >= 15 is 0 Å². The molecule has 0 spiro atoms. The minimum absolute atomic E-state index is 0.284. The highest BCUT2D eigenvalue weighted by Gasteiger charge is 2.41. The highest BCUT2D eigenvalue weighted by Crippen LogP contribution is 2.46. The molecule has 0 fully saturated rings. The van der Waals surface area contributed by atoms with Crippen LogP contribution in [0.2, 0.25) is 19.6 Å². The van der Waals surface area contributed by atoms with Gasteiger partial charge in [-0.2, -0.15) is 0 Å². The van der Waals surface area contributed by atoms with E-state index in [4.69, 9.17) is 0 Å². The van der Waals surface area contributed by atoms with Gasteiger partial charge in [-0.15, -0.1) is 0 Å². The Morgan fingerprint density at radius 1 is 1.22 bits per heavy atom. The van der Waals surface area contributed by atoms with Gasteiger partial charge in [-0.3, -0.25) is 0 Å². The fourth-order valence-electron chi connectivity index (χ4n) is 3.10. The van der Waals surface area contributed by atoms with Crippen LogP contribution in [0.1, 0.15) is 20.8 Å². The summed E-state index contributed by atoms with van der Waals surface area (Å²) >= 11 is 0. The molecule has 0 saturated heterocycles. The van der Waals surface area contributed by atoms with Gasteiger partial charge in [0, 0.05) is 13.0 Å². The minimum atomic E-state index is -1.26. The Balaban J connectivity index is 3.22. The molecule has 0 saturated carbocycles. The van der Waals surface area contributed by atoms with Crippen molar-refractivity contribution in [3.05, 3.63) is 71.7 Å². The third-order valence-corrected chi connectivity index (χ3v) is 7.38. The number of rotatable bonds is 7. The summed E-state index contributed by atoms with van der Waals surface area (Å²) in [7, 11) is 0.920. The van der Waals surface area contributed by atoms with Crippen LogP contribution >= 0.6 is 0 Å². The molecule has 0 aromatic carbocycles. The van der Waals surface area contributed by atoms with E-state index in [0.29, 0.717) is 6.04 Å². The lowest BCUT2D eigenvalue weighted by atomic mass is 9.66. The van der Waals surface area contributed by atoms with Gasteiger partial charge in [0.25, 0.3) is 0 Å². The van der Waals surface area contributed by atoms with Gasteiger partial charge in [0.05, 0.1) is 14.1 Å². The maximum Gasteiger partial charge on any atom is 0.0739 e. The average molecular weight is 328 g/mol. The van der Waals surface area contributed by atoms with E-state index in [1.54, 1.807) is 0 Å². The first-order chi connectivity index (χ1) is 10.6. The van der Waals surface area contributed by atoms with E-state index in [2.05, 4.69) is 77.4 Å². The highest BCUT2D eigenvalue weighted by molar-refractivity contribution is 6.82. The van der Waals surface area contributed by atoms with Crippen molar-refractivity contribution >= 4 is 8.07 Å². The number of likely N-dealkylation sites (N-methyl/N-ethyl adjacent to an activating group) is 1. The van der Waals surface area contributed by atoms with E-state index in [9.17, 15) is 0 Å². The Morgan fingerprint density at radius 2 is 1.78 bits per heavy atom. The molecule has 0 aromatic rings. The van der Waals surface area contributed by atoms with E-state index < -0.39 is 8.07 Å². The van der Waals surface area contributed by atoms with Crippen molar-refractivity contribution in [1.82, 2.24) is 4.90 Å². The second kappa shape index (κ2) is 7.35. The molecule has 2 heteroatoms. The van der Waals surface area contributed by atoms with Gasteiger partial charge < -0.3 is 4.90 Å². The average Bonchev–Trinajstić information content (AvgIpc) is 2.42. The number of hydrogen-bond acceptors (Lipinski definition) is 1. The smallest absolute Gasteiger partial charge is 0.0739 e. The van der Waals surface area contributed by atoms with Crippen molar-refractivity contribution in [2.75, 3.05) is 7.05 Å². The molecule has 0 bridgehead atoms. The maximum atomic E-state index is 4.23. The Kier molecular flexibility index (Phi) is 6.23. The van der Waals surface area contributed by atoms with Crippen LogP contribution in [0, 0.1) is 5.92 Å². The van der Waals surface area contributed by atoms with Gasteiger partial charge in [-0.05, 0) is 49.3 Å². The summed E-state index contributed by atoms with van der Waals surface area (Å²) in [6, 6.07) is 0.351. The Hall–Kier alpha value is -1.54. The lowest BCUT2D eigenvalue weighted by molar-refractivity contribution is 0.284. The third kappa shape index (κ3) is 4.05. The summed E-state index contributed by atoms with van der Waals surface area (Å²) in [6.07, 6.45) is 8.35. The lowest BCUT2D eigenvalue weighted by Gasteiger charge is -2.47. The summed E-state index contributed by atoms with van der Waals surface area (Å²) < 4.78 is 0. The molecule has 1 aliphatic carbocycles. The van der Waals surface area contributed by atoms with Crippen LogP contribution in [0.15, 0.2) is 71.7 Å². The van der Waals surface area contributed by atoms with Crippen molar-refractivity contribution in [2.45, 2.75) is 46.5 Å². The van der Waals surface area contributed by atoms with Crippen LogP contribution in [-0.4, -0.2) is 26.1 Å². The summed E-state index contributed by atoms with van der Waals surface area (Å²) in [5.41, 5.74) is 4.88. The molecule has 0 heterocycles. The molecule has 1 aliphatic rings. The minimum Gasteiger partial charge on any atom is -0.373 e. The van der Waals surface area contributed by atoms with Gasteiger partial charge in [0.1, 0.15) is 0 Å². The normalized spacial score (nSPS) is 22.1. The van der Waals surface area contributed by atoms with Gasteiger partial charge in [-0.1, -0.05) is 62.8 Å². The van der Waals surface area contributed by atoms with Crippen LogP contribution in [-0.2, 0) is 0 Å². The zero-order chi connectivity index (χ0) is 17.9. The van der Waals surface area contributed by atoms with Gasteiger partial charge in [0.15, 0.2) is 0 Å². The Morgan fingerprint density at radius 3 is 2.22 bits per heavy atom. The van der Waals surface area contributed by atoms with E-state index in [0.717, 1.165) is 11.1 Å². The highest BCUT2D eigenvalue weighted by atomic mass is 28.3. The molecular formula is C21H33NSi. The second-order valence-corrected chi connectivity index (χ2v) is 12.8. The van der Waals surface area contributed by atoms with Crippen molar-refractivity contribution in [3.63, 3.8) is 0 Å². The van der Waals surface area contributed by atoms with Crippen LogP contribution in [0.25, 0.3) is 0 Å². The fraction of sp³-hybridized carbons (Fsp3) is 0.429. The molecule has 0 N–H and O–H groups in total. The molecule has 23 heavy (non-hydrogen) atoms. The van der Waals surface area contributed by atoms with Crippen molar-refractivity contribution in [2.24, 2.45) is 5.92 Å². The van der Waals surface area contributed by atoms with Crippen LogP contribution in [0.4, 0.5) is 0 Å². The monoisotopic (exact) mass is 327 g/mol. The molecule has 126 valence electrons. The SMILES string of the molecule is C=CC(=C)C1C(C(=C)/C=C\C)=C(C)C1N(C)/C=C(\C)[Si](C)(C)C. The molecule has 0 aromatic heterocycles. The predicted octanol–water partition coefficient (Wildman–Crippen LogP) is 5.89. The Bertz CT molecular complexity index is 596. The Labute approximate surface area is 144 Å². The second-order valence-electron chi connectivity index (χ2n) is 7.55. The number of nitrogens with zero attached hydrogens (tertiary/aromatic N) is 1. The van der Waals surface area contributed by atoms with Crippen LogP contribution in [0.5, 0.6) is 0 Å². The summed E-state index contributed by atoms with van der Waals surface area (Å²) in [5, 5.41) is 1.51. The van der Waals surface area contributed by atoms with E-state index in [1.807, 2.05) is 19.1 Å². The molecule has 2 unspecified atom stereocenters. The van der Waals surface area contributed by atoms with Crippen molar-refractivity contribution < 1.29 is 0 Å². The third-order valence-electron chi connectivity index (χ3n) is 4.89. The molecule has 0 amide bonds. The molecule has 0 radical (unpaired) electrons. The lowest BCUT2D eigenvalue weighted by Crippen LogP contribution is -2.46. The zero-order valence-electron chi connectivity index (χ0n) is 16.0. The van der Waals surface area contributed by atoms with E-state index in [1.165, 1.54) is 16.3 Å².